The molecular formula is C30H31N7O3. The number of aryl methyl sites for hydroxylation is 1. The van der Waals surface area contributed by atoms with Gasteiger partial charge in [-0.1, -0.05) is 43.3 Å². The molecule has 7 rings (SSSR count). The van der Waals surface area contributed by atoms with E-state index in [0.29, 0.717) is 36.4 Å². The number of nitrogens with zero attached hydrogens (tertiary/aromatic N) is 7. The van der Waals surface area contributed by atoms with Crippen LogP contribution in [0.4, 0.5) is 11.5 Å². The first-order chi connectivity index (χ1) is 19.3. The molecule has 4 aromatic rings. The van der Waals surface area contributed by atoms with Crippen molar-refractivity contribution in [3.8, 4) is 0 Å². The molecule has 10 nitrogen and oxygen atoms in total. The molecule has 3 aliphatic heterocycles. The molecule has 40 heavy (non-hydrogen) atoms. The second-order valence-electron chi connectivity index (χ2n) is 11.7. The summed E-state index contributed by atoms with van der Waals surface area (Å²) in [6.07, 6.45) is 1.98. The number of pyridine rings is 2. The van der Waals surface area contributed by atoms with Crippen LogP contribution in [0.15, 0.2) is 60.8 Å². The SMILES string of the molecule is Cc1cc(N2CC(C)(c3ccccc3)C2)cn2nc(C(=O)N3C[C@@H]4CN(c5cccc(C(=O)O)n5)C[C@@H]4C3)nc12. The molecule has 0 radical (unpaired) electrons. The zero-order valence-electron chi connectivity index (χ0n) is 22.6. The van der Waals surface area contributed by atoms with E-state index in [1.54, 1.807) is 10.6 Å². The van der Waals surface area contributed by atoms with Crippen molar-refractivity contribution in [2.75, 3.05) is 49.1 Å². The summed E-state index contributed by atoms with van der Waals surface area (Å²) < 4.78 is 1.75. The smallest absolute Gasteiger partial charge is 0.354 e. The summed E-state index contributed by atoms with van der Waals surface area (Å²) in [6, 6.07) is 17.8. The summed E-state index contributed by atoms with van der Waals surface area (Å²) in [5.74, 6) is 0.329. The summed E-state index contributed by atoms with van der Waals surface area (Å²) in [7, 11) is 0. The molecule has 10 heteroatoms. The molecule has 0 aliphatic carbocycles. The van der Waals surface area contributed by atoms with Crippen molar-refractivity contribution in [2.45, 2.75) is 19.3 Å². The molecule has 1 aromatic carbocycles. The van der Waals surface area contributed by atoms with E-state index in [0.717, 1.165) is 37.4 Å². The molecule has 3 saturated heterocycles. The van der Waals surface area contributed by atoms with E-state index in [1.807, 2.05) is 30.2 Å². The first-order valence-corrected chi connectivity index (χ1v) is 13.7. The molecule has 3 aromatic heterocycles. The number of hydrogen-bond donors (Lipinski definition) is 1. The molecule has 1 amide bonds. The zero-order chi connectivity index (χ0) is 27.6. The molecule has 1 N–H and O–H groups in total. The third-order valence-electron chi connectivity index (χ3n) is 8.76. The van der Waals surface area contributed by atoms with Crippen LogP contribution in [0.2, 0.25) is 0 Å². The Kier molecular flexibility index (Phi) is 5.55. The number of fused-ring (bicyclic) bond motifs is 2. The molecule has 0 saturated carbocycles. The van der Waals surface area contributed by atoms with Crippen LogP contribution < -0.4 is 9.80 Å². The fraction of sp³-hybridized carbons (Fsp3) is 0.367. The van der Waals surface area contributed by atoms with Gasteiger partial charge in [-0.2, -0.15) is 0 Å². The van der Waals surface area contributed by atoms with E-state index in [2.05, 4.69) is 62.1 Å². The molecule has 6 heterocycles. The average molecular weight is 538 g/mol. The maximum absolute atomic E-state index is 13.4. The van der Waals surface area contributed by atoms with Gasteiger partial charge < -0.3 is 19.8 Å². The first kappa shape index (κ1) is 24.6. The van der Waals surface area contributed by atoms with E-state index in [1.165, 1.54) is 11.6 Å². The molecule has 3 aliphatic rings. The molecule has 0 unspecified atom stereocenters. The Hall–Kier alpha value is -4.47. The Labute approximate surface area is 231 Å². The van der Waals surface area contributed by atoms with Gasteiger partial charge in [0.2, 0.25) is 5.82 Å². The second kappa shape index (κ2) is 9.04. The quantitative estimate of drug-likeness (QED) is 0.414. The minimum absolute atomic E-state index is 0.0436. The lowest BCUT2D eigenvalue weighted by Crippen LogP contribution is -2.57. The highest BCUT2D eigenvalue weighted by Crippen LogP contribution is 2.38. The van der Waals surface area contributed by atoms with Crippen molar-refractivity contribution < 1.29 is 14.7 Å². The van der Waals surface area contributed by atoms with Crippen molar-refractivity contribution in [1.29, 1.82) is 0 Å². The van der Waals surface area contributed by atoms with Gasteiger partial charge >= 0.3 is 5.97 Å². The highest BCUT2D eigenvalue weighted by molar-refractivity contribution is 5.91. The number of carboxylic acids is 1. The summed E-state index contributed by atoms with van der Waals surface area (Å²) in [5.41, 5.74) is 4.28. The van der Waals surface area contributed by atoms with Crippen LogP contribution in [-0.2, 0) is 5.41 Å². The lowest BCUT2D eigenvalue weighted by molar-refractivity contribution is 0.0689. The fourth-order valence-corrected chi connectivity index (χ4v) is 6.60. The minimum Gasteiger partial charge on any atom is -0.477 e. The zero-order valence-corrected chi connectivity index (χ0v) is 22.6. The van der Waals surface area contributed by atoms with Crippen molar-refractivity contribution in [3.05, 3.63) is 83.4 Å². The lowest BCUT2D eigenvalue weighted by Gasteiger charge is -2.50. The van der Waals surface area contributed by atoms with Crippen molar-refractivity contribution in [2.24, 2.45) is 11.8 Å². The maximum atomic E-state index is 13.4. The Morgan fingerprint density at radius 1 is 0.925 bits per heavy atom. The molecule has 0 bridgehead atoms. The maximum Gasteiger partial charge on any atom is 0.354 e. The van der Waals surface area contributed by atoms with Gasteiger partial charge in [0.05, 0.1) is 11.9 Å². The highest BCUT2D eigenvalue weighted by atomic mass is 16.4. The normalized spacial score (nSPS) is 21.5. The fourth-order valence-electron chi connectivity index (χ4n) is 6.60. The Balaban J connectivity index is 1.03. The molecule has 3 fully saturated rings. The lowest BCUT2D eigenvalue weighted by atomic mass is 9.75. The summed E-state index contributed by atoms with van der Waals surface area (Å²) in [4.78, 5) is 40.0. The standard InChI is InChI=1S/C30H31N7O3/c1-19-11-23(36-17-30(2,18-36)22-7-4-3-5-8-22)16-37-27(19)32-26(33-37)28(38)35-14-20-12-34(13-21(20)15-35)25-10-6-9-24(31-25)29(39)40/h3-11,16,20-21H,12-15,17-18H2,1-2H3,(H,39,40)/t20-,21+. The van der Waals surface area contributed by atoms with Gasteiger partial charge in [-0.05, 0) is 36.2 Å². The molecule has 2 atom stereocenters. The van der Waals surface area contributed by atoms with Crippen LogP contribution in [0.5, 0.6) is 0 Å². The Morgan fingerprint density at radius 3 is 2.35 bits per heavy atom. The molecule has 0 spiro atoms. The van der Waals surface area contributed by atoms with Crippen molar-refractivity contribution in [3.63, 3.8) is 0 Å². The van der Waals surface area contributed by atoms with Crippen LogP contribution >= 0.6 is 0 Å². The van der Waals surface area contributed by atoms with Crippen molar-refractivity contribution in [1.82, 2.24) is 24.5 Å². The monoisotopic (exact) mass is 537 g/mol. The van der Waals surface area contributed by atoms with Crippen LogP contribution in [0.3, 0.4) is 0 Å². The third kappa shape index (κ3) is 4.06. The molecular weight excluding hydrogens is 506 g/mol. The highest BCUT2D eigenvalue weighted by Gasteiger charge is 2.43. The number of aromatic nitrogens is 4. The third-order valence-corrected chi connectivity index (χ3v) is 8.76. The number of rotatable bonds is 5. The number of carboxylic acid groups (broad SMARTS) is 1. The minimum atomic E-state index is -1.03. The van der Waals surface area contributed by atoms with Crippen LogP contribution in [0, 0.1) is 18.8 Å². The summed E-state index contributed by atoms with van der Waals surface area (Å²) in [5, 5.41) is 13.9. The van der Waals surface area contributed by atoms with Gasteiger partial charge in [0.25, 0.3) is 5.91 Å². The van der Waals surface area contributed by atoms with Gasteiger partial charge in [0.1, 0.15) is 5.82 Å². The largest absolute Gasteiger partial charge is 0.477 e. The number of anilines is 2. The van der Waals surface area contributed by atoms with E-state index in [-0.39, 0.29) is 22.8 Å². The van der Waals surface area contributed by atoms with Gasteiger partial charge in [0.15, 0.2) is 11.3 Å². The number of carbonyl (C=O) groups excluding carboxylic acids is 1. The predicted octanol–water partition coefficient (Wildman–Crippen LogP) is 3.12. The number of benzene rings is 1. The van der Waals surface area contributed by atoms with E-state index in [4.69, 9.17) is 0 Å². The van der Waals surface area contributed by atoms with Crippen LogP contribution in [0.1, 0.15) is 39.2 Å². The summed E-state index contributed by atoms with van der Waals surface area (Å²) >= 11 is 0. The van der Waals surface area contributed by atoms with E-state index >= 15 is 0 Å². The molecule has 204 valence electrons. The van der Waals surface area contributed by atoms with Gasteiger partial charge in [-0.25, -0.2) is 19.3 Å². The van der Waals surface area contributed by atoms with Crippen LogP contribution in [0.25, 0.3) is 5.65 Å². The van der Waals surface area contributed by atoms with Gasteiger partial charge in [0, 0.05) is 56.5 Å². The number of carbonyl (C=O) groups is 2. The summed E-state index contributed by atoms with van der Waals surface area (Å²) in [6.45, 7) is 8.89. The average Bonchev–Trinajstić information content (AvgIpc) is 3.65. The number of aromatic carboxylic acids is 1. The van der Waals surface area contributed by atoms with Gasteiger partial charge in [-0.3, -0.25) is 4.79 Å². The van der Waals surface area contributed by atoms with Crippen LogP contribution in [-0.4, -0.2) is 80.7 Å². The number of amides is 1. The van der Waals surface area contributed by atoms with E-state index < -0.39 is 5.97 Å². The topological polar surface area (TPSA) is 107 Å². The van der Waals surface area contributed by atoms with Crippen molar-refractivity contribution >= 4 is 29.0 Å². The predicted molar refractivity (Wildman–Crippen MR) is 150 cm³/mol. The van der Waals surface area contributed by atoms with Gasteiger partial charge in [-0.15, -0.1) is 5.10 Å². The Morgan fingerprint density at radius 2 is 1.65 bits per heavy atom. The number of likely N-dealkylation sites (tertiary alicyclic amines) is 1. The second-order valence-corrected chi connectivity index (χ2v) is 11.7. The van der Waals surface area contributed by atoms with E-state index in [9.17, 15) is 14.7 Å². The first-order valence-electron chi connectivity index (χ1n) is 13.7. The Bertz CT molecular complexity index is 1620. The number of hydrogen-bond acceptors (Lipinski definition) is 7.